The molecule has 12 nitrogen and oxygen atoms in total. The fourth-order valence-corrected chi connectivity index (χ4v) is 3.50. The molecule has 1 aliphatic heterocycles. The highest BCUT2D eigenvalue weighted by Crippen LogP contribution is 2.36. The second-order valence-corrected chi connectivity index (χ2v) is 10.9. The average Bonchev–Trinajstić information content (AvgIpc) is 2.78. The number of hydrogen-bond donors (Lipinski definition) is 4. The predicted molar refractivity (Wildman–Crippen MR) is 129 cm³/mol. The minimum absolute atomic E-state index is 0.182. The number of amides is 1. The molecule has 13 heteroatoms. The standard InChI is InChI=1S/C20H34BN3O3.2CH2O3/c1-13-14(21-26-19(8,9)20(10,11)27-21)12-22-15(23-13)16(25)24(17(2,3)4)18(5,6)7;2*2-1(3)4/h12H,1-11H3;2*(H2,2,3,4). The molecule has 0 unspecified atom stereocenters. The van der Waals surface area contributed by atoms with Crippen LogP contribution in [0.4, 0.5) is 9.59 Å². The van der Waals surface area contributed by atoms with E-state index in [1.807, 2.05) is 81.1 Å². The third kappa shape index (κ3) is 9.33. The molecule has 1 aromatic heterocycles. The lowest BCUT2D eigenvalue weighted by molar-refractivity contribution is 0.00578. The Labute approximate surface area is 206 Å². The van der Waals surface area contributed by atoms with Gasteiger partial charge in [-0.15, -0.1) is 0 Å². The van der Waals surface area contributed by atoms with Gasteiger partial charge in [-0.1, -0.05) is 0 Å². The van der Waals surface area contributed by atoms with E-state index in [-0.39, 0.29) is 22.8 Å². The zero-order valence-corrected chi connectivity index (χ0v) is 22.3. The van der Waals surface area contributed by atoms with Gasteiger partial charge in [-0.3, -0.25) is 4.79 Å². The van der Waals surface area contributed by atoms with Gasteiger partial charge in [0.25, 0.3) is 5.91 Å². The summed E-state index contributed by atoms with van der Waals surface area (Å²) in [6.45, 7) is 22.0. The van der Waals surface area contributed by atoms with Crippen molar-refractivity contribution in [3.05, 3.63) is 17.7 Å². The Bertz CT molecular complexity index is 872. The highest BCUT2D eigenvalue weighted by atomic mass is 16.7. The van der Waals surface area contributed by atoms with Crippen molar-refractivity contribution in [3.63, 3.8) is 0 Å². The normalized spacial score (nSPS) is 16.3. The first-order chi connectivity index (χ1) is 15.4. The molecule has 2 heterocycles. The highest BCUT2D eigenvalue weighted by Gasteiger charge is 2.52. The van der Waals surface area contributed by atoms with Crippen molar-refractivity contribution >= 4 is 30.8 Å². The number of aromatic nitrogens is 2. The van der Waals surface area contributed by atoms with E-state index >= 15 is 0 Å². The van der Waals surface area contributed by atoms with Crippen LogP contribution in [-0.4, -0.2) is 82.9 Å². The second-order valence-electron chi connectivity index (χ2n) is 10.9. The lowest BCUT2D eigenvalue weighted by atomic mass is 9.79. The average molecular weight is 499 g/mol. The third-order valence-corrected chi connectivity index (χ3v) is 5.26. The molecule has 2 rings (SSSR count). The molecule has 1 aromatic rings. The Morgan fingerprint density at radius 1 is 0.857 bits per heavy atom. The van der Waals surface area contributed by atoms with Crippen molar-refractivity contribution in [3.8, 4) is 0 Å². The fourth-order valence-electron chi connectivity index (χ4n) is 3.50. The molecule has 35 heavy (non-hydrogen) atoms. The van der Waals surface area contributed by atoms with Gasteiger partial charge in [0, 0.05) is 28.4 Å². The summed E-state index contributed by atoms with van der Waals surface area (Å²) in [6.07, 6.45) is -2.01. The summed E-state index contributed by atoms with van der Waals surface area (Å²) in [5.74, 6) is 0.0104. The summed E-state index contributed by atoms with van der Waals surface area (Å²) in [5.41, 5.74) is -0.131. The molecule has 0 atom stereocenters. The van der Waals surface area contributed by atoms with E-state index in [4.69, 9.17) is 39.3 Å². The van der Waals surface area contributed by atoms with Gasteiger partial charge in [-0.2, -0.15) is 0 Å². The number of rotatable bonds is 2. The molecule has 0 aliphatic carbocycles. The molecule has 1 saturated heterocycles. The number of nitrogens with zero attached hydrogens (tertiary/aromatic N) is 3. The summed E-state index contributed by atoms with van der Waals surface area (Å²) in [4.78, 5) is 41.0. The first kappa shape index (κ1) is 32.1. The van der Waals surface area contributed by atoms with Gasteiger partial charge in [0.1, 0.15) is 0 Å². The molecule has 0 bridgehead atoms. The number of aryl methyl sites for hydroxylation is 1. The maximum atomic E-state index is 13.2. The first-order valence-corrected chi connectivity index (χ1v) is 10.8. The van der Waals surface area contributed by atoms with Crippen LogP contribution < -0.4 is 5.46 Å². The largest absolute Gasteiger partial charge is 0.503 e. The quantitative estimate of drug-likeness (QED) is 0.437. The maximum Gasteiger partial charge on any atom is 0.503 e. The van der Waals surface area contributed by atoms with Crippen molar-refractivity contribution in [1.82, 2.24) is 14.9 Å². The van der Waals surface area contributed by atoms with Crippen LogP contribution in [0.2, 0.25) is 0 Å². The zero-order chi connectivity index (χ0) is 28.2. The van der Waals surface area contributed by atoms with Crippen molar-refractivity contribution < 1.29 is 44.1 Å². The summed E-state index contributed by atoms with van der Waals surface area (Å²) in [6, 6.07) is 0. The topological polar surface area (TPSA) is 180 Å². The molecule has 198 valence electrons. The molecule has 0 saturated carbocycles. The van der Waals surface area contributed by atoms with E-state index in [1.165, 1.54) is 0 Å². The first-order valence-electron chi connectivity index (χ1n) is 10.8. The smallest absolute Gasteiger partial charge is 0.450 e. The lowest BCUT2D eigenvalue weighted by Gasteiger charge is -2.45. The number of carboxylic acid groups (broad SMARTS) is 4. The van der Waals surface area contributed by atoms with Crippen LogP contribution in [0.15, 0.2) is 6.20 Å². The van der Waals surface area contributed by atoms with Gasteiger partial charge in [0.15, 0.2) is 0 Å². The summed E-state index contributed by atoms with van der Waals surface area (Å²) in [7, 11) is -0.541. The van der Waals surface area contributed by atoms with Crippen LogP contribution in [-0.2, 0) is 9.31 Å². The van der Waals surface area contributed by atoms with Crippen molar-refractivity contribution in [1.29, 1.82) is 0 Å². The molecule has 0 aromatic carbocycles. The SMILES string of the molecule is Cc1nc(C(=O)N(C(C)(C)C)C(C)(C)C)ncc1B1OC(C)(C)C(C)(C)O1.O=C(O)O.O=C(O)O. The summed E-state index contributed by atoms with van der Waals surface area (Å²) in [5, 5.41) is 27.9. The fraction of sp³-hybridized carbons (Fsp3) is 0.682. The van der Waals surface area contributed by atoms with E-state index in [0.29, 0.717) is 5.69 Å². The molecular formula is C22H38BN3O9. The second kappa shape index (κ2) is 11.2. The molecule has 1 amide bonds. The molecule has 1 fully saturated rings. The zero-order valence-electron chi connectivity index (χ0n) is 22.3. The molecule has 1 aliphatic rings. The highest BCUT2D eigenvalue weighted by molar-refractivity contribution is 6.62. The van der Waals surface area contributed by atoms with E-state index in [1.54, 1.807) is 6.20 Å². The number of carbonyl (C=O) groups is 3. The Morgan fingerprint density at radius 2 is 1.20 bits per heavy atom. The summed E-state index contributed by atoms with van der Waals surface area (Å²) < 4.78 is 12.2. The van der Waals surface area contributed by atoms with Gasteiger partial charge >= 0.3 is 19.4 Å². The van der Waals surface area contributed by atoms with Crippen LogP contribution in [0.25, 0.3) is 0 Å². The van der Waals surface area contributed by atoms with Crippen LogP contribution in [0.5, 0.6) is 0 Å². The predicted octanol–water partition coefficient (Wildman–Crippen LogP) is 3.57. The number of hydrogen-bond acceptors (Lipinski definition) is 7. The minimum atomic E-state index is -1.83. The van der Waals surface area contributed by atoms with E-state index < -0.39 is 30.6 Å². The van der Waals surface area contributed by atoms with E-state index in [2.05, 4.69) is 9.97 Å². The third-order valence-electron chi connectivity index (χ3n) is 5.26. The summed E-state index contributed by atoms with van der Waals surface area (Å²) >= 11 is 0. The van der Waals surface area contributed by atoms with Gasteiger partial charge < -0.3 is 34.6 Å². The van der Waals surface area contributed by atoms with E-state index in [9.17, 15) is 4.79 Å². The monoisotopic (exact) mass is 499 g/mol. The molecule has 0 spiro atoms. The minimum Gasteiger partial charge on any atom is -0.450 e. The van der Waals surface area contributed by atoms with Crippen LogP contribution in [0, 0.1) is 6.92 Å². The van der Waals surface area contributed by atoms with Crippen LogP contribution in [0.3, 0.4) is 0 Å². The van der Waals surface area contributed by atoms with Gasteiger partial charge in [-0.05, 0) is 76.2 Å². The molecule has 0 radical (unpaired) electrons. The molecular weight excluding hydrogens is 461 g/mol. The van der Waals surface area contributed by atoms with E-state index in [0.717, 1.165) is 5.46 Å². The Hall–Kier alpha value is -2.93. The van der Waals surface area contributed by atoms with Crippen LogP contribution in [0.1, 0.15) is 85.6 Å². The van der Waals surface area contributed by atoms with Crippen molar-refractivity contribution in [2.24, 2.45) is 0 Å². The Morgan fingerprint density at radius 3 is 1.49 bits per heavy atom. The Balaban J connectivity index is 0.00000126. The number of carbonyl (C=O) groups excluding carboxylic acids is 1. The van der Waals surface area contributed by atoms with Gasteiger partial charge in [0.2, 0.25) is 5.82 Å². The van der Waals surface area contributed by atoms with Crippen molar-refractivity contribution in [2.75, 3.05) is 0 Å². The van der Waals surface area contributed by atoms with Crippen molar-refractivity contribution in [2.45, 2.75) is 98.4 Å². The molecule has 4 N–H and O–H groups in total. The van der Waals surface area contributed by atoms with Gasteiger partial charge in [-0.25, -0.2) is 19.6 Å². The Kier molecular flexibility index (Phi) is 10.3. The lowest BCUT2D eigenvalue weighted by Crippen LogP contribution is -2.56. The maximum absolute atomic E-state index is 13.2. The van der Waals surface area contributed by atoms with Gasteiger partial charge in [0.05, 0.1) is 11.2 Å². The van der Waals surface area contributed by atoms with Crippen LogP contribution >= 0.6 is 0 Å².